The molecule has 0 aromatic carbocycles. The Balaban J connectivity index is 2.41. The molecule has 1 rings (SSSR count). The molecule has 1 heterocycles. The zero-order valence-corrected chi connectivity index (χ0v) is 11.0. The highest BCUT2D eigenvalue weighted by Crippen LogP contribution is 1.98. The van der Waals surface area contributed by atoms with E-state index in [-0.39, 0.29) is 22.4 Å². The van der Waals surface area contributed by atoms with Gasteiger partial charge in [-0.25, -0.2) is 8.42 Å². The zero-order chi connectivity index (χ0) is 12.2. The lowest BCUT2D eigenvalue weighted by Gasteiger charge is -2.12. The number of H-pyrrole nitrogens is 1. The number of hydrogen-bond donors (Lipinski definition) is 2. The predicted octanol–water partition coefficient (Wildman–Crippen LogP) is 0.349. The van der Waals surface area contributed by atoms with Gasteiger partial charge in [-0.05, 0) is 6.92 Å². The first-order valence-corrected chi connectivity index (χ1v) is 7.73. The summed E-state index contributed by atoms with van der Waals surface area (Å²) in [7, 11) is -2.95. The quantitative estimate of drug-likeness (QED) is 0.777. The maximum atomic E-state index is 11.3. The molecule has 1 aromatic heterocycles. The molecule has 5 nitrogen and oxygen atoms in total. The van der Waals surface area contributed by atoms with Crippen molar-refractivity contribution in [3.05, 3.63) is 20.7 Å². The van der Waals surface area contributed by atoms with Crippen LogP contribution in [0.1, 0.15) is 19.5 Å². The molecule has 0 aliphatic rings. The van der Waals surface area contributed by atoms with Crippen LogP contribution in [0.5, 0.6) is 0 Å². The lowest BCUT2D eigenvalue weighted by molar-refractivity contribution is 0.554. The van der Waals surface area contributed by atoms with Gasteiger partial charge in [0.1, 0.15) is 0 Å². The first kappa shape index (κ1) is 13.4. The van der Waals surface area contributed by atoms with E-state index in [1.165, 1.54) is 0 Å². The molecule has 0 aliphatic heterocycles. The first-order valence-electron chi connectivity index (χ1n) is 5.03. The Kier molecular flexibility index (Phi) is 4.69. The van der Waals surface area contributed by atoms with Crippen LogP contribution < -0.4 is 10.2 Å². The Morgan fingerprint density at radius 1 is 1.56 bits per heavy atom. The van der Waals surface area contributed by atoms with Crippen molar-refractivity contribution < 1.29 is 8.42 Å². The zero-order valence-electron chi connectivity index (χ0n) is 9.32. The smallest absolute Gasteiger partial charge is 0.304 e. The number of nitrogens with one attached hydrogen (secondary N) is 2. The maximum Gasteiger partial charge on any atom is 0.304 e. The van der Waals surface area contributed by atoms with Gasteiger partial charge in [0.2, 0.25) is 0 Å². The number of hydrogen-bond acceptors (Lipinski definition) is 5. The van der Waals surface area contributed by atoms with Gasteiger partial charge in [-0.3, -0.25) is 4.79 Å². The van der Waals surface area contributed by atoms with Crippen molar-refractivity contribution in [2.24, 2.45) is 0 Å². The van der Waals surface area contributed by atoms with E-state index in [1.807, 2.05) is 6.92 Å². The molecule has 0 bridgehead atoms. The van der Waals surface area contributed by atoms with Crippen molar-refractivity contribution >= 4 is 21.2 Å². The van der Waals surface area contributed by atoms with Crippen LogP contribution in [0, 0.1) is 0 Å². The Morgan fingerprint density at radius 3 is 2.75 bits per heavy atom. The molecule has 1 unspecified atom stereocenters. The summed E-state index contributed by atoms with van der Waals surface area (Å²) < 4.78 is 22.7. The summed E-state index contributed by atoms with van der Waals surface area (Å²) in [5.74, 6) is 0.284. The van der Waals surface area contributed by atoms with Crippen molar-refractivity contribution in [1.29, 1.82) is 0 Å². The summed E-state index contributed by atoms with van der Waals surface area (Å²) in [5.41, 5.74) is 0.788. The molecule has 0 fully saturated rings. The fourth-order valence-electron chi connectivity index (χ4n) is 1.24. The molecule has 0 amide bonds. The van der Waals surface area contributed by atoms with Gasteiger partial charge in [0.15, 0.2) is 9.84 Å². The van der Waals surface area contributed by atoms with Crippen molar-refractivity contribution in [2.45, 2.75) is 26.4 Å². The molecule has 92 valence electrons. The van der Waals surface area contributed by atoms with Crippen molar-refractivity contribution in [3.63, 3.8) is 0 Å². The molecule has 2 N–H and O–H groups in total. The number of rotatable bonds is 6. The third-order valence-electron chi connectivity index (χ3n) is 2.16. The number of thiazole rings is 1. The highest BCUT2D eigenvalue weighted by atomic mass is 32.2. The molecule has 16 heavy (non-hydrogen) atoms. The van der Waals surface area contributed by atoms with Gasteiger partial charge in [0, 0.05) is 29.4 Å². The van der Waals surface area contributed by atoms with Crippen LogP contribution in [0.4, 0.5) is 0 Å². The molecule has 0 spiro atoms. The average molecular weight is 264 g/mol. The third-order valence-corrected chi connectivity index (χ3v) is 4.76. The Hall–Kier alpha value is -0.660. The second-order valence-corrected chi connectivity index (χ2v) is 6.89. The first-order chi connectivity index (χ1) is 7.43. The normalized spacial score (nSPS) is 13.9. The van der Waals surface area contributed by atoms with Crippen molar-refractivity contribution in [3.8, 4) is 0 Å². The molecule has 0 saturated heterocycles. The molecule has 1 atom stereocenters. The van der Waals surface area contributed by atoms with E-state index in [2.05, 4.69) is 10.3 Å². The molecule has 0 aliphatic carbocycles. The highest BCUT2D eigenvalue weighted by Gasteiger charge is 2.13. The van der Waals surface area contributed by atoms with E-state index in [1.54, 1.807) is 12.3 Å². The van der Waals surface area contributed by atoms with Gasteiger partial charge in [-0.2, -0.15) is 0 Å². The summed E-state index contributed by atoms with van der Waals surface area (Å²) in [6.07, 6.45) is 0. The lowest BCUT2D eigenvalue weighted by Crippen LogP contribution is -2.33. The Bertz CT molecular complexity index is 475. The molecule has 1 aromatic rings. The van der Waals surface area contributed by atoms with E-state index < -0.39 is 9.84 Å². The Labute approximate surface area is 98.8 Å². The summed E-state index contributed by atoms with van der Waals surface area (Å²) in [6, 6.07) is -0.117. The summed E-state index contributed by atoms with van der Waals surface area (Å²) in [4.78, 5) is 13.4. The largest absolute Gasteiger partial charge is 0.315 e. The predicted molar refractivity (Wildman–Crippen MR) is 65.6 cm³/mol. The van der Waals surface area contributed by atoms with E-state index in [9.17, 15) is 13.2 Å². The Morgan fingerprint density at radius 2 is 2.25 bits per heavy atom. The standard InChI is InChI=1S/C9H16N2O3S2/c1-3-16(13,14)6-7(2)10-4-8-5-15-9(12)11-8/h5,7,10H,3-4,6H2,1-2H3,(H,11,12). The third kappa shape index (κ3) is 4.46. The summed E-state index contributed by atoms with van der Waals surface area (Å²) in [5, 5.41) is 4.79. The fourth-order valence-corrected chi connectivity index (χ4v) is 2.94. The fraction of sp³-hybridized carbons (Fsp3) is 0.667. The highest BCUT2D eigenvalue weighted by molar-refractivity contribution is 7.91. The number of aromatic amines is 1. The molecule has 7 heteroatoms. The number of sulfone groups is 1. The van der Waals surface area contributed by atoms with Crippen LogP contribution in [0.15, 0.2) is 10.2 Å². The summed E-state index contributed by atoms with van der Waals surface area (Å²) in [6.45, 7) is 3.94. The monoisotopic (exact) mass is 264 g/mol. The van der Waals surface area contributed by atoms with Crippen LogP contribution in [0.3, 0.4) is 0 Å². The van der Waals surface area contributed by atoms with E-state index in [0.717, 1.165) is 17.0 Å². The minimum atomic E-state index is -2.95. The van der Waals surface area contributed by atoms with E-state index in [4.69, 9.17) is 0 Å². The minimum Gasteiger partial charge on any atom is -0.315 e. The maximum absolute atomic E-state index is 11.3. The van der Waals surface area contributed by atoms with Crippen LogP contribution in [0.25, 0.3) is 0 Å². The van der Waals surface area contributed by atoms with E-state index in [0.29, 0.717) is 6.54 Å². The topological polar surface area (TPSA) is 79.0 Å². The van der Waals surface area contributed by atoms with Crippen LogP contribution in [-0.4, -0.2) is 30.9 Å². The second-order valence-electron chi connectivity index (χ2n) is 3.65. The van der Waals surface area contributed by atoms with Gasteiger partial charge in [0.25, 0.3) is 0 Å². The van der Waals surface area contributed by atoms with Gasteiger partial charge in [-0.1, -0.05) is 18.3 Å². The van der Waals surface area contributed by atoms with Crippen LogP contribution >= 0.6 is 11.3 Å². The molecular formula is C9H16N2O3S2. The van der Waals surface area contributed by atoms with Crippen LogP contribution in [0.2, 0.25) is 0 Å². The minimum absolute atomic E-state index is 0.0920. The van der Waals surface area contributed by atoms with E-state index >= 15 is 0 Å². The summed E-state index contributed by atoms with van der Waals surface area (Å²) >= 11 is 1.10. The molecular weight excluding hydrogens is 248 g/mol. The van der Waals surface area contributed by atoms with Crippen molar-refractivity contribution in [1.82, 2.24) is 10.3 Å². The number of aromatic nitrogens is 1. The molecule has 0 radical (unpaired) electrons. The van der Waals surface area contributed by atoms with Gasteiger partial charge < -0.3 is 10.3 Å². The second kappa shape index (κ2) is 5.60. The van der Waals surface area contributed by atoms with Gasteiger partial charge >= 0.3 is 4.87 Å². The van der Waals surface area contributed by atoms with Gasteiger partial charge in [-0.15, -0.1) is 0 Å². The average Bonchev–Trinajstić information content (AvgIpc) is 2.61. The molecule has 0 saturated carbocycles. The lowest BCUT2D eigenvalue weighted by atomic mass is 10.3. The van der Waals surface area contributed by atoms with Gasteiger partial charge in [0.05, 0.1) is 5.75 Å². The SMILES string of the molecule is CCS(=O)(=O)CC(C)NCc1csc(=O)[nH]1. The van der Waals surface area contributed by atoms with Crippen molar-refractivity contribution in [2.75, 3.05) is 11.5 Å². The van der Waals surface area contributed by atoms with Crippen LogP contribution in [-0.2, 0) is 16.4 Å².